The number of hydrogen-bond acceptors (Lipinski definition) is 4. The average molecular weight is 397 g/mol. The van der Waals surface area contributed by atoms with E-state index in [4.69, 9.17) is 9.47 Å². The Hall–Kier alpha value is -2.62. The second-order valence-corrected chi connectivity index (χ2v) is 8.27. The average Bonchev–Trinajstić information content (AvgIpc) is 2.73. The molecule has 0 aliphatic rings. The molecule has 0 aliphatic heterocycles. The van der Waals surface area contributed by atoms with Crippen molar-refractivity contribution in [1.29, 1.82) is 0 Å². The maximum Gasteiger partial charge on any atom is 0.343 e. The lowest BCUT2D eigenvalue weighted by molar-refractivity contribution is 0.0724. The molecule has 2 aromatic carbocycles. The molecular weight excluding hydrogens is 364 g/mol. The lowest BCUT2D eigenvalue weighted by atomic mass is 9.82. The fraction of sp³-hybridized carbons (Fsp3) is 0.440. The smallest absolute Gasteiger partial charge is 0.343 e. The minimum absolute atomic E-state index is 0.0691. The van der Waals surface area contributed by atoms with Gasteiger partial charge in [-0.3, -0.25) is 4.79 Å². The molecular formula is C25H32O4. The van der Waals surface area contributed by atoms with E-state index in [0.29, 0.717) is 22.6 Å². The van der Waals surface area contributed by atoms with Crippen molar-refractivity contribution in [1.82, 2.24) is 0 Å². The third kappa shape index (κ3) is 5.69. The summed E-state index contributed by atoms with van der Waals surface area (Å²) in [5.74, 6) is 0.697. The molecule has 0 fully saturated rings. The van der Waals surface area contributed by atoms with Crippen LogP contribution in [0.3, 0.4) is 0 Å². The number of esters is 1. The molecule has 0 N–H and O–H groups in total. The Bertz CT molecular complexity index is 845. The maximum atomic E-state index is 12.5. The Morgan fingerprint density at radius 3 is 1.90 bits per heavy atom. The van der Waals surface area contributed by atoms with Gasteiger partial charge in [-0.1, -0.05) is 52.8 Å². The first-order valence-electron chi connectivity index (χ1n) is 10.3. The van der Waals surface area contributed by atoms with Crippen molar-refractivity contribution in [2.45, 2.75) is 66.4 Å². The zero-order valence-electron chi connectivity index (χ0n) is 18.4. The van der Waals surface area contributed by atoms with Crippen LogP contribution in [0.15, 0.2) is 48.5 Å². The predicted molar refractivity (Wildman–Crippen MR) is 116 cm³/mol. The van der Waals surface area contributed by atoms with Gasteiger partial charge in [-0.2, -0.15) is 0 Å². The van der Waals surface area contributed by atoms with Crippen LogP contribution in [0.4, 0.5) is 0 Å². The monoisotopic (exact) mass is 396 g/mol. The van der Waals surface area contributed by atoms with Crippen LogP contribution in [-0.2, 0) is 0 Å². The molecule has 0 unspecified atom stereocenters. The minimum Gasteiger partial charge on any atom is -0.487 e. The highest BCUT2D eigenvalue weighted by Crippen LogP contribution is 2.28. The molecule has 4 nitrogen and oxygen atoms in total. The highest BCUT2D eigenvalue weighted by molar-refractivity contribution is 6.01. The minimum atomic E-state index is -0.468. The van der Waals surface area contributed by atoms with Crippen molar-refractivity contribution in [3.8, 4) is 11.5 Å². The quantitative estimate of drug-likeness (QED) is 0.276. The van der Waals surface area contributed by atoms with Crippen LogP contribution in [-0.4, -0.2) is 17.4 Å². The zero-order valence-corrected chi connectivity index (χ0v) is 18.4. The zero-order chi connectivity index (χ0) is 21.7. The molecule has 0 bridgehead atoms. The Morgan fingerprint density at radius 1 is 0.793 bits per heavy atom. The van der Waals surface area contributed by atoms with E-state index in [9.17, 15) is 9.59 Å². The normalized spacial score (nSPS) is 11.8. The van der Waals surface area contributed by atoms with Crippen molar-refractivity contribution in [2.24, 2.45) is 5.41 Å². The highest BCUT2D eigenvalue weighted by atomic mass is 16.5. The van der Waals surface area contributed by atoms with E-state index in [1.807, 2.05) is 26.8 Å². The van der Waals surface area contributed by atoms with E-state index < -0.39 is 11.4 Å². The van der Waals surface area contributed by atoms with Gasteiger partial charge in [-0.05, 0) is 50.5 Å². The number of Topliss-reactive ketones (excluding diaryl/α,β-unsaturated/α-hetero) is 1. The molecule has 0 saturated heterocycles. The van der Waals surface area contributed by atoms with Crippen molar-refractivity contribution in [3.63, 3.8) is 0 Å². The summed E-state index contributed by atoms with van der Waals surface area (Å²) in [4.78, 5) is 25.0. The molecule has 0 saturated carbocycles. The Balaban J connectivity index is 2.11. The van der Waals surface area contributed by atoms with Gasteiger partial charge in [0.05, 0.1) is 5.56 Å². The summed E-state index contributed by atoms with van der Waals surface area (Å²) in [5.41, 5.74) is 0.321. The Kier molecular flexibility index (Phi) is 7.23. The Labute approximate surface area is 174 Å². The van der Waals surface area contributed by atoms with E-state index in [0.717, 1.165) is 19.3 Å². The number of hydrogen-bond donors (Lipinski definition) is 0. The molecule has 0 heterocycles. The summed E-state index contributed by atoms with van der Waals surface area (Å²) in [6, 6.07) is 13.7. The molecule has 0 atom stereocenters. The lowest BCUT2D eigenvalue weighted by Gasteiger charge is -2.28. The van der Waals surface area contributed by atoms with Crippen LogP contribution in [0.5, 0.6) is 11.5 Å². The van der Waals surface area contributed by atoms with Crippen molar-refractivity contribution in [3.05, 3.63) is 59.7 Å². The highest BCUT2D eigenvalue weighted by Gasteiger charge is 2.26. The SMILES string of the molecule is CCC(C)(CC)Oc1cccc(OC(=O)c2ccc(C(=O)C(C)(C)CC)cc2)c1. The van der Waals surface area contributed by atoms with Crippen LogP contribution >= 0.6 is 0 Å². The van der Waals surface area contributed by atoms with E-state index >= 15 is 0 Å². The summed E-state index contributed by atoms with van der Waals surface area (Å²) in [7, 11) is 0. The van der Waals surface area contributed by atoms with Gasteiger partial charge in [0, 0.05) is 17.0 Å². The first-order chi connectivity index (χ1) is 13.6. The summed E-state index contributed by atoms with van der Waals surface area (Å²) in [6.45, 7) is 12.1. The van der Waals surface area contributed by atoms with Gasteiger partial charge < -0.3 is 9.47 Å². The third-order valence-electron chi connectivity index (χ3n) is 5.76. The molecule has 0 aliphatic carbocycles. The second kappa shape index (κ2) is 9.25. The number of ketones is 1. The van der Waals surface area contributed by atoms with Crippen molar-refractivity contribution in [2.75, 3.05) is 0 Å². The standard InChI is InChI=1S/C25H32O4/c1-7-24(4,5)22(26)18-13-15-19(16-14-18)23(27)28-20-11-10-12-21(17-20)29-25(6,8-2)9-3/h10-17H,7-9H2,1-6H3. The van der Waals surface area contributed by atoms with E-state index in [1.165, 1.54) is 0 Å². The fourth-order valence-electron chi connectivity index (χ4n) is 2.75. The topological polar surface area (TPSA) is 52.6 Å². The lowest BCUT2D eigenvalue weighted by Crippen LogP contribution is -2.30. The summed E-state index contributed by atoms with van der Waals surface area (Å²) in [5, 5.41) is 0. The third-order valence-corrected chi connectivity index (χ3v) is 5.76. The van der Waals surface area contributed by atoms with Crippen LogP contribution in [0.25, 0.3) is 0 Å². The van der Waals surface area contributed by atoms with E-state index in [2.05, 4.69) is 20.8 Å². The van der Waals surface area contributed by atoms with Crippen molar-refractivity contribution >= 4 is 11.8 Å². The molecule has 156 valence electrons. The van der Waals surface area contributed by atoms with Crippen LogP contribution in [0, 0.1) is 5.41 Å². The Morgan fingerprint density at radius 2 is 1.34 bits per heavy atom. The van der Waals surface area contributed by atoms with Gasteiger partial charge in [0.25, 0.3) is 0 Å². The summed E-state index contributed by atoms with van der Waals surface area (Å²) >= 11 is 0. The van der Waals surface area contributed by atoms with E-state index in [1.54, 1.807) is 42.5 Å². The van der Waals surface area contributed by atoms with Gasteiger partial charge >= 0.3 is 5.97 Å². The van der Waals surface area contributed by atoms with Crippen LogP contribution in [0.1, 0.15) is 81.5 Å². The van der Waals surface area contributed by atoms with E-state index in [-0.39, 0.29) is 11.4 Å². The number of benzene rings is 2. The largest absolute Gasteiger partial charge is 0.487 e. The first-order valence-corrected chi connectivity index (χ1v) is 10.3. The molecule has 2 aromatic rings. The fourth-order valence-corrected chi connectivity index (χ4v) is 2.75. The molecule has 0 amide bonds. The molecule has 29 heavy (non-hydrogen) atoms. The van der Waals surface area contributed by atoms with Crippen LogP contribution in [0.2, 0.25) is 0 Å². The van der Waals surface area contributed by atoms with Gasteiger partial charge in [0.1, 0.15) is 17.1 Å². The number of ether oxygens (including phenoxy) is 2. The summed E-state index contributed by atoms with van der Waals surface area (Å²) < 4.78 is 11.6. The van der Waals surface area contributed by atoms with Crippen LogP contribution < -0.4 is 9.47 Å². The summed E-state index contributed by atoms with van der Waals surface area (Å²) in [6.07, 6.45) is 2.52. The number of carbonyl (C=O) groups excluding carboxylic acids is 2. The second-order valence-electron chi connectivity index (χ2n) is 8.27. The van der Waals surface area contributed by atoms with Gasteiger partial charge in [-0.15, -0.1) is 0 Å². The van der Waals surface area contributed by atoms with Gasteiger partial charge in [0.2, 0.25) is 0 Å². The number of rotatable bonds is 9. The molecule has 0 spiro atoms. The first kappa shape index (κ1) is 22.7. The number of carbonyl (C=O) groups is 2. The maximum absolute atomic E-state index is 12.5. The van der Waals surface area contributed by atoms with Gasteiger partial charge in [0.15, 0.2) is 5.78 Å². The van der Waals surface area contributed by atoms with Crippen molar-refractivity contribution < 1.29 is 19.1 Å². The molecule has 2 rings (SSSR count). The van der Waals surface area contributed by atoms with Gasteiger partial charge in [-0.25, -0.2) is 4.79 Å². The molecule has 0 radical (unpaired) electrons. The molecule has 4 heteroatoms. The predicted octanol–water partition coefficient (Wildman–Crippen LogP) is 6.48. The molecule has 0 aromatic heterocycles.